The molecule has 0 radical (unpaired) electrons. The zero-order valence-electron chi connectivity index (χ0n) is 11.5. The van der Waals surface area contributed by atoms with Crippen molar-refractivity contribution in [3.8, 4) is 11.4 Å². The number of nitrogens with zero attached hydrogens (tertiary/aromatic N) is 4. The molecular formula is C14H9F3N4O2. The third-order valence-corrected chi connectivity index (χ3v) is 3.01. The molecule has 3 aromatic rings. The normalized spacial score (nSPS) is 11.6. The van der Waals surface area contributed by atoms with Crippen LogP contribution in [0.4, 0.5) is 13.2 Å². The van der Waals surface area contributed by atoms with E-state index in [1.807, 2.05) is 0 Å². The van der Waals surface area contributed by atoms with Gasteiger partial charge in [0.1, 0.15) is 5.69 Å². The number of alkyl halides is 3. The van der Waals surface area contributed by atoms with Crippen molar-refractivity contribution < 1.29 is 22.5 Å². The van der Waals surface area contributed by atoms with Gasteiger partial charge in [-0.05, 0) is 11.6 Å². The minimum atomic E-state index is -4.67. The zero-order valence-corrected chi connectivity index (χ0v) is 11.5. The summed E-state index contributed by atoms with van der Waals surface area (Å²) in [6, 6.07) is 8.18. The molecule has 3 rings (SSSR count). The SMILES string of the molecule is O=Cc1ccn(Cc2ccc(-c3noc(C(F)(F)F)n3)cc2)n1. The van der Waals surface area contributed by atoms with E-state index in [0.29, 0.717) is 24.1 Å². The standard InChI is InChI=1S/C14H9F3N4O2/c15-14(16,17)13-18-12(20-23-13)10-3-1-9(2-4-10)7-21-6-5-11(8-22)19-21/h1-6,8H,7H2. The lowest BCUT2D eigenvalue weighted by Crippen LogP contribution is -2.04. The van der Waals surface area contributed by atoms with E-state index in [-0.39, 0.29) is 5.82 Å². The number of hydrogen-bond donors (Lipinski definition) is 0. The summed E-state index contributed by atoms with van der Waals surface area (Å²) in [4.78, 5) is 13.9. The fraction of sp³-hybridized carbons (Fsp3) is 0.143. The molecule has 0 saturated heterocycles. The number of hydrogen-bond acceptors (Lipinski definition) is 5. The molecule has 0 atom stereocenters. The Labute approximate surface area is 127 Å². The number of benzene rings is 1. The molecule has 0 aliphatic carbocycles. The molecule has 1 aromatic carbocycles. The fourth-order valence-electron chi connectivity index (χ4n) is 1.93. The first kappa shape index (κ1) is 14.9. The summed E-state index contributed by atoms with van der Waals surface area (Å²) in [6.07, 6.45) is -2.36. The minimum Gasteiger partial charge on any atom is -0.329 e. The van der Waals surface area contributed by atoms with Gasteiger partial charge in [0.05, 0.1) is 6.54 Å². The second kappa shape index (κ2) is 5.67. The second-order valence-corrected chi connectivity index (χ2v) is 4.67. The Balaban J connectivity index is 1.76. The maximum atomic E-state index is 12.4. The summed E-state index contributed by atoms with van der Waals surface area (Å²) in [5.74, 6) is -1.51. The molecule has 0 aliphatic heterocycles. The van der Waals surface area contributed by atoms with E-state index in [9.17, 15) is 18.0 Å². The molecule has 6 nitrogen and oxygen atoms in total. The van der Waals surface area contributed by atoms with Gasteiger partial charge in [0.2, 0.25) is 5.82 Å². The zero-order chi connectivity index (χ0) is 16.4. The van der Waals surface area contributed by atoms with Crippen molar-refractivity contribution in [3.05, 3.63) is 53.7 Å². The Morgan fingerprint density at radius 1 is 1.17 bits per heavy atom. The van der Waals surface area contributed by atoms with Crippen LogP contribution >= 0.6 is 0 Å². The number of rotatable bonds is 4. The Morgan fingerprint density at radius 3 is 2.48 bits per heavy atom. The van der Waals surface area contributed by atoms with Crippen molar-refractivity contribution in [2.45, 2.75) is 12.7 Å². The molecule has 0 saturated carbocycles. The number of carbonyl (C=O) groups excluding carboxylic acids is 1. The third-order valence-electron chi connectivity index (χ3n) is 3.01. The van der Waals surface area contributed by atoms with Crippen LogP contribution < -0.4 is 0 Å². The van der Waals surface area contributed by atoms with E-state index in [4.69, 9.17) is 0 Å². The van der Waals surface area contributed by atoms with Crippen molar-refractivity contribution in [2.75, 3.05) is 0 Å². The lowest BCUT2D eigenvalue weighted by Gasteiger charge is -2.02. The van der Waals surface area contributed by atoms with Crippen molar-refractivity contribution >= 4 is 6.29 Å². The topological polar surface area (TPSA) is 73.8 Å². The van der Waals surface area contributed by atoms with Gasteiger partial charge in [-0.1, -0.05) is 29.4 Å². The van der Waals surface area contributed by atoms with E-state index in [1.165, 1.54) is 0 Å². The first-order valence-electron chi connectivity index (χ1n) is 6.44. The number of carbonyl (C=O) groups is 1. The maximum Gasteiger partial charge on any atom is 0.471 e. The molecule has 23 heavy (non-hydrogen) atoms. The van der Waals surface area contributed by atoms with Crippen molar-refractivity contribution in [1.82, 2.24) is 19.9 Å². The average molecular weight is 322 g/mol. The molecule has 0 spiro atoms. The van der Waals surface area contributed by atoms with Crippen LogP contribution in [0.1, 0.15) is 21.9 Å². The third kappa shape index (κ3) is 3.28. The smallest absolute Gasteiger partial charge is 0.329 e. The summed E-state index contributed by atoms with van der Waals surface area (Å²) in [5, 5.41) is 7.34. The largest absolute Gasteiger partial charge is 0.471 e. The van der Waals surface area contributed by atoms with E-state index < -0.39 is 12.1 Å². The highest BCUT2D eigenvalue weighted by molar-refractivity contribution is 5.71. The monoisotopic (exact) mass is 322 g/mol. The predicted octanol–water partition coefficient (Wildman–Crippen LogP) is 2.81. The van der Waals surface area contributed by atoms with Crippen LogP contribution in [0.15, 0.2) is 41.1 Å². The number of aromatic nitrogens is 4. The van der Waals surface area contributed by atoms with Crippen LogP contribution in [0.5, 0.6) is 0 Å². The fourth-order valence-corrected chi connectivity index (χ4v) is 1.93. The molecule has 0 unspecified atom stereocenters. The van der Waals surface area contributed by atoms with Crippen molar-refractivity contribution in [3.63, 3.8) is 0 Å². The quantitative estimate of drug-likeness (QED) is 0.691. The van der Waals surface area contributed by atoms with Crippen molar-refractivity contribution in [1.29, 1.82) is 0 Å². The van der Waals surface area contributed by atoms with Crippen molar-refractivity contribution in [2.24, 2.45) is 0 Å². The molecule has 118 valence electrons. The van der Waals surface area contributed by atoms with Gasteiger partial charge >= 0.3 is 12.1 Å². The number of halogens is 3. The highest BCUT2D eigenvalue weighted by Crippen LogP contribution is 2.29. The lowest BCUT2D eigenvalue weighted by atomic mass is 10.1. The van der Waals surface area contributed by atoms with Gasteiger partial charge in [-0.15, -0.1) is 0 Å². The molecule has 0 amide bonds. The molecule has 9 heteroatoms. The van der Waals surface area contributed by atoms with E-state index in [2.05, 4.69) is 19.8 Å². The minimum absolute atomic E-state index is 0.133. The summed E-state index contributed by atoms with van der Waals surface area (Å²) in [7, 11) is 0. The Kier molecular flexibility index (Phi) is 3.68. The first-order chi connectivity index (χ1) is 11.0. The summed E-state index contributed by atoms with van der Waals surface area (Å²) < 4.78 is 43.0. The molecule has 2 aromatic heterocycles. The summed E-state index contributed by atoms with van der Waals surface area (Å²) >= 11 is 0. The van der Waals surface area contributed by atoms with Gasteiger partial charge in [-0.25, -0.2) is 0 Å². The van der Waals surface area contributed by atoms with Crippen LogP contribution in [-0.4, -0.2) is 26.2 Å². The van der Waals surface area contributed by atoms with Crippen LogP contribution in [0, 0.1) is 0 Å². The Morgan fingerprint density at radius 2 is 1.91 bits per heavy atom. The van der Waals surface area contributed by atoms with Gasteiger partial charge in [0.15, 0.2) is 6.29 Å². The summed E-state index contributed by atoms with van der Waals surface area (Å²) in [5.41, 5.74) is 1.59. The maximum absolute atomic E-state index is 12.4. The predicted molar refractivity (Wildman–Crippen MR) is 71.5 cm³/mol. The van der Waals surface area contributed by atoms with Crippen LogP contribution in [0.25, 0.3) is 11.4 Å². The Hall–Kier alpha value is -2.97. The van der Waals surface area contributed by atoms with Crippen LogP contribution in [0.2, 0.25) is 0 Å². The molecule has 0 aliphatic rings. The van der Waals surface area contributed by atoms with E-state index in [1.54, 1.807) is 41.2 Å². The Bertz CT molecular complexity index is 821. The molecule has 2 heterocycles. The van der Waals surface area contributed by atoms with E-state index >= 15 is 0 Å². The van der Waals surface area contributed by atoms with Gasteiger partial charge in [-0.2, -0.15) is 23.3 Å². The van der Waals surface area contributed by atoms with Crippen LogP contribution in [0.3, 0.4) is 0 Å². The lowest BCUT2D eigenvalue weighted by molar-refractivity contribution is -0.159. The van der Waals surface area contributed by atoms with Gasteiger partial charge in [0.25, 0.3) is 0 Å². The second-order valence-electron chi connectivity index (χ2n) is 4.67. The first-order valence-corrected chi connectivity index (χ1v) is 6.44. The molecule has 0 fully saturated rings. The van der Waals surface area contributed by atoms with Gasteiger partial charge in [0, 0.05) is 11.8 Å². The highest BCUT2D eigenvalue weighted by Gasteiger charge is 2.38. The van der Waals surface area contributed by atoms with Gasteiger partial charge in [-0.3, -0.25) is 9.48 Å². The van der Waals surface area contributed by atoms with Crippen LogP contribution in [-0.2, 0) is 12.7 Å². The molecular weight excluding hydrogens is 313 g/mol. The highest BCUT2D eigenvalue weighted by atomic mass is 19.4. The molecule has 0 N–H and O–H groups in total. The number of aldehydes is 1. The summed E-state index contributed by atoms with van der Waals surface area (Å²) in [6.45, 7) is 0.425. The van der Waals surface area contributed by atoms with Gasteiger partial charge < -0.3 is 4.52 Å². The molecule has 0 bridgehead atoms. The van der Waals surface area contributed by atoms with E-state index in [0.717, 1.165) is 5.56 Å². The average Bonchev–Trinajstić information content (AvgIpc) is 3.16.